The van der Waals surface area contributed by atoms with E-state index in [2.05, 4.69) is 0 Å². The van der Waals surface area contributed by atoms with Crippen molar-refractivity contribution in [2.75, 3.05) is 0 Å². The molecule has 0 aromatic carbocycles. The van der Waals surface area contributed by atoms with Crippen molar-refractivity contribution >= 4 is 24.7 Å². The number of aryl methyl sites for hydroxylation is 2. The summed E-state index contributed by atoms with van der Waals surface area (Å²) in [5.41, 5.74) is 7.92. The molecule has 0 aliphatic carbocycles. The Balaban J connectivity index is 2.14. The molecule has 110 valence electrons. The molecule has 3 heterocycles. The number of carbonyl (C=O) groups is 1. The predicted octanol–water partition coefficient (Wildman–Crippen LogP) is 1.97. The molecular formula is C14H16BF2N3O. The van der Waals surface area contributed by atoms with Gasteiger partial charge in [-0.25, -0.2) is 0 Å². The summed E-state index contributed by atoms with van der Waals surface area (Å²) in [7, 11) is 0. The summed E-state index contributed by atoms with van der Waals surface area (Å²) >= 11 is 0. The van der Waals surface area contributed by atoms with Crippen molar-refractivity contribution in [2.45, 2.75) is 26.7 Å². The Hall–Kier alpha value is -2.18. The molecule has 2 N–H and O–H groups in total. The SMILES string of the molecule is Cc1cc(C)n2c1C=C1C=CC(CCC(N)=O)=[N+]1[B-]2(F)F. The minimum absolute atomic E-state index is 0.0617. The Morgan fingerprint density at radius 3 is 2.76 bits per heavy atom. The minimum Gasteiger partial charge on any atom is -0.394 e. The van der Waals surface area contributed by atoms with Gasteiger partial charge in [0.05, 0.1) is 0 Å². The first kappa shape index (κ1) is 13.8. The number of hydrogen-bond donors (Lipinski definition) is 1. The summed E-state index contributed by atoms with van der Waals surface area (Å²) in [6.45, 7) is -0.438. The van der Waals surface area contributed by atoms with Crippen molar-refractivity contribution in [1.29, 1.82) is 0 Å². The van der Waals surface area contributed by atoms with Gasteiger partial charge in [0.15, 0.2) is 5.70 Å². The van der Waals surface area contributed by atoms with Crippen LogP contribution in [-0.2, 0) is 4.79 Å². The molecule has 2 aliphatic heterocycles. The fourth-order valence-corrected chi connectivity index (χ4v) is 3.15. The maximum Gasteiger partial charge on any atom is 0.737 e. The van der Waals surface area contributed by atoms with Crippen molar-refractivity contribution < 1.29 is 17.9 Å². The standard InChI is InChI=1S/C14H16BF2N3O/c1-9-7-10(2)19-13(9)8-12-4-3-11(5-6-14(18)21)20(12)15(19,16)17/h3-4,7-8H,5-6H2,1-2H3,(H2,18,21). The Morgan fingerprint density at radius 1 is 1.38 bits per heavy atom. The highest BCUT2D eigenvalue weighted by Crippen LogP contribution is 2.34. The highest BCUT2D eigenvalue weighted by molar-refractivity contribution is 6.58. The minimum atomic E-state index is -3.94. The van der Waals surface area contributed by atoms with Gasteiger partial charge in [0.1, 0.15) is 5.71 Å². The third-order valence-corrected chi connectivity index (χ3v) is 4.04. The van der Waals surface area contributed by atoms with E-state index in [9.17, 15) is 13.4 Å². The zero-order valence-electron chi connectivity index (χ0n) is 11.9. The summed E-state index contributed by atoms with van der Waals surface area (Å²) in [4.78, 5) is 10.9. The fraction of sp³-hybridized carbons (Fsp3) is 0.286. The van der Waals surface area contributed by atoms with Gasteiger partial charge in [-0.2, -0.15) is 0 Å². The quantitative estimate of drug-likeness (QED) is 0.850. The van der Waals surface area contributed by atoms with E-state index in [-0.39, 0.29) is 12.8 Å². The molecule has 0 fully saturated rings. The van der Waals surface area contributed by atoms with E-state index in [4.69, 9.17) is 5.73 Å². The van der Waals surface area contributed by atoms with Crippen molar-refractivity contribution in [3.05, 3.63) is 40.9 Å². The number of primary amides is 1. The second-order valence-electron chi connectivity index (χ2n) is 5.54. The van der Waals surface area contributed by atoms with Crippen LogP contribution in [0.2, 0.25) is 0 Å². The number of carbonyl (C=O) groups excluding carboxylic acids is 1. The predicted molar refractivity (Wildman–Crippen MR) is 78.1 cm³/mol. The van der Waals surface area contributed by atoms with Gasteiger partial charge < -0.3 is 23.3 Å². The molecule has 1 aromatic heterocycles. The van der Waals surface area contributed by atoms with Crippen molar-refractivity contribution in [2.24, 2.45) is 5.73 Å². The summed E-state index contributed by atoms with van der Waals surface area (Å²) in [5, 5.41) is 0. The van der Waals surface area contributed by atoms with Crippen LogP contribution in [0.4, 0.5) is 8.63 Å². The largest absolute Gasteiger partial charge is 0.737 e. The van der Waals surface area contributed by atoms with Crippen LogP contribution in [0.15, 0.2) is 23.9 Å². The zero-order chi connectivity index (χ0) is 15.4. The first-order chi connectivity index (χ1) is 9.82. The van der Waals surface area contributed by atoms with Crippen LogP contribution >= 0.6 is 0 Å². The lowest BCUT2D eigenvalue weighted by Crippen LogP contribution is -2.50. The van der Waals surface area contributed by atoms with Crippen LogP contribution in [0.5, 0.6) is 0 Å². The van der Waals surface area contributed by atoms with E-state index < -0.39 is 12.9 Å². The molecule has 0 radical (unpaired) electrons. The number of rotatable bonds is 3. The van der Waals surface area contributed by atoms with Crippen LogP contribution in [0, 0.1) is 13.8 Å². The molecule has 0 spiro atoms. The first-order valence-electron chi connectivity index (χ1n) is 6.86. The number of nitrogens with zero attached hydrogens (tertiary/aromatic N) is 2. The van der Waals surface area contributed by atoms with E-state index >= 15 is 0 Å². The van der Waals surface area contributed by atoms with E-state index in [1.54, 1.807) is 31.2 Å². The molecule has 0 atom stereocenters. The van der Waals surface area contributed by atoms with Gasteiger partial charge in [0.25, 0.3) is 0 Å². The molecule has 21 heavy (non-hydrogen) atoms. The van der Waals surface area contributed by atoms with Gasteiger partial charge in [-0.3, -0.25) is 4.79 Å². The van der Waals surface area contributed by atoms with E-state index in [1.807, 2.05) is 6.92 Å². The van der Waals surface area contributed by atoms with E-state index in [0.29, 0.717) is 22.8 Å². The molecule has 1 amide bonds. The molecule has 0 unspecified atom stereocenters. The molecule has 1 aromatic rings. The van der Waals surface area contributed by atoms with Crippen LogP contribution in [0.1, 0.15) is 29.8 Å². The third kappa shape index (κ3) is 1.95. The Labute approximate surface area is 121 Å². The van der Waals surface area contributed by atoms with Gasteiger partial charge >= 0.3 is 6.97 Å². The smallest absolute Gasteiger partial charge is 0.394 e. The van der Waals surface area contributed by atoms with Crippen LogP contribution in [0.25, 0.3) is 6.08 Å². The lowest BCUT2D eigenvalue weighted by molar-refractivity contribution is -0.362. The fourth-order valence-electron chi connectivity index (χ4n) is 3.15. The van der Waals surface area contributed by atoms with Crippen LogP contribution in [-0.4, -0.2) is 27.6 Å². The van der Waals surface area contributed by atoms with Crippen molar-refractivity contribution in [3.63, 3.8) is 0 Å². The highest BCUT2D eigenvalue weighted by atomic mass is 19.2. The summed E-state index contributed by atoms with van der Waals surface area (Å²) in [6.07, 6.45) is 5.34. The van der Waals surface area contributed by atoms with Gasteiger partial charge in [-0.05, 0) is 31.2 Å². The number of aromatic nitrogens is 1. The number of amides is 1. The zero-order valence-corrected chi connectivity index (χ0v) is 11.9. The maximum atomic E-state index is 14.9. The number of nitrogens with two attached hydrogens (primary N) is 1. The Morgan fingerprint density at radius 2 is 2.10 bits per heavy atom. The van der Waals surface area contributed by atoms with Gasteiger partial charge in [0, 0.05) is 36.8 Å². The third-order valence-electron chi connectivity index (χ3n) is 4.04. The van der Waals surface area contributed by atoms with Crippen molar-refractivity contribution in [3.8, 4) is 0 Å². The molecule has 0 saturated carbocycles. The number of halogens is 2. The van der Waals surface area contributed by atoms with Crippen molar-refractivity contribution in [1.82, 2.24) is 4.48 Å². The summed E-state index contributed by atoms with van der Waals surface area (Å²) in [6, 6.07) is 1.76. The number of hydrogen-bond acceptors (Lipinski definition) is 1. The molecule has 7 heteroatoms. The maximum absolute atomic E-state index is 14.9. The van der Waals surface area contributed by atoms with E-state index in [1.165, 1.54) is 0 Å². The second-order valence-corrected chi connectivity index (χ2v) is 5.54. The first-order valence-corrected chi connectivity index (χ1v) is 6.86. The van der Waals surface area contributed by atoms with Crippen LogP contribution in [0.3, 0.4) is 0 Å². The van der Waals surface area contributed by atoms with Gasteiger partial charge in [-0.15, -0.1) is 0 Å². The Kier molecular flexibility index (Phi) is 2.90. The van der Waals surface area contributed by atoms with E-state index in [0.717, 1.165) is 14.5 Å². The highest BCUT2D eigenvalue weighted by Gasteiger charge is 2.52. The number of fused-ring (bicyclic) bond motifs is 2. The molecule has 4 nitrogen and oxygen atoms in total. The average molecular weight is 291 g/mol. The topological polar surface area (TPSA) is 51.0 Å². The molecular weight excluding hydrogens is 275 g/mol. The monoisotopic (exact) mass is 291 g/mol. The molecule has 3 rings (SSSR count). The molecule has 0 bridgehead atoms. The molecule has 2 aliphatic rings. The lowest BCUT2D eigenvalue weighted by Gasteiger charge is -2.30. The number of allylic oxidation sites excluding steroid dienone is 2. The van der Waals surface area contributed by atoms with Gasteiger partial charge in [-0.1, -0.05) is 0 Å². The summed E-state index contributed by atoms with van der Waals surface area (Å²) < 4.78 is 32.0. The summed E-state index contributed by atoms with van der Waals surface area (Å²) in [5.74, 6) is -0.491. The van der Waals surface area contributed by atoms with Gasteiger partial charge in [0.2, 0.25) is 5.91 Å². The van der Waals surface area contributed by atoms with Crippen LogP contribution < -0.4 is 5.73 Å². The normalized spacial score (nSPS) is 18.6. The average Bonchev–Trinajstić information content (AvgIpc) is 2.90. The molecule has 0 saturated heterocycles. The lowest BCUT2D eigenvalue weighted by atomic mass is 9.90. The Bertz CT molecular complexity index is 744. The second kappa shape index (κ2) is 4.41.